The second kappa shape index (κ2) is 8.27. The summed E-state index contributed by atoms with van der Waals surface area (Å²) in [5.74, 6) is 1.24. The van der Waals surface area contributed by atoms with Gasteiger partial charge in [0.1, 0.15) is 5.82 Å². The van der Waals surface area contributed by atoms with E-state index >= 15 is 0 Å². The van der Waals surface area contributed by atoms with E-state index in [2.05, 4.69) is 43.0 Å². The lowest BCUT2D eigenvalue weighted by Crippen LogP contribution is -2.35. The number of anilines is 1. The summed E-state index contributed by atoms with van der Waals surface area (Å²) in [7, 11) is 3.76. The summed E-state index contributed by atoms with van der Waals surface area (Å²) in [5, 5.41) is 8.03. The summed E-state index contributed by atoms with van der Waals surface area (Å²) in [4.78, 5) is 2.44. The first kappa shape index (κ1) is 17.0. The van der Waals surface area contributed by atoms with Crippen LogP contribution in [0.3, 0.4) is 0 Å². The van der Waals surface area contributed by atoms with E-state index in [-0.39, 0.29) is 0 Å². The minimum Gasteiger partial charge on any atom is -0.383 e. The summed E-state index contributed by atoms with van der Waals surface area (Å²) in [6, 6.07) is 0.521. The van der Waals surface area contributed by atoms with Crippen LogP contribution in [0, 0.1) is 6.92 Å². The van der Waals surface area contributed by atoms with Crippen molar-refractivity contribution in [2.24, 2.45) is 7.05 Å². The van der Waals surface area contributed by atoms with Crippen molar-refractivity contribution >= 4 is 5.82 Å². The summed E-state index contributed by atoms with van der Waals surface area (Å²) >= 11 is 0. The van der Waals surface area contributed by atoms with Gasteiger partial charge >= 0.3 is 0 Å². The third-order valence-electron chi connectivity index (χ3n) is 3.83. The fourth-order valence-corrected chi connectivity index (χ4v) is 2.53. The second-order valence-corrected chi connectivity index (χ2v) is 5.22. The Hall–Kier alpha value is -1.07. The molecule has 1 rings (SSSR count). The maximum absolute atomic E-state index is 5.08. The van der Waals surface area contributed by atoms with Gasteiger partial charge in [0.2, 0.25) is 0 Å². The predicted molar refractivity (Wildman–Crippen MR) is 84.3 cm³/mol. The molecule has 1 unspecified atom stereocenters. The van der Waals surface area contributed by atoms with E-state index in [1.54, 1.807) is 7.11 Å². The van der Waals surface area contributed by atoms with Crippen molar-refractivity contribution in [3.05, 3.63) is 11.3 Å². The maximum atomic E-state index is 5.08. The van der Waals surface area contributed by atoms with Gasteiger partial charge in [-0.25, -0.2) is 0 Å². The molecule has 0 amide bonds. The Balaban J connectivity index is 2.93. The molecule has 0 aliphatic rings. The monoisotopic (exact) mass is 282 g/mol. The Bertz CT molecular complexity index is 403. The van der Waals surface area contributed by atoms with Crippen molar-refractivity contribution < 1.29 is 4.74 Å². The van der Waals surface area contributed by atoms with Crippen LogP contribution in [-0.2, 0) is 18.3 Å². The number of aromatic nitrogens is 2. The number of hydrogen-bond acceptors (Lipinski definition) is 4. The van der Waals surface area contributed by atoms with Crippen molar-refractivity contribution in [1.29, 1.82) is 0 Å². The molecule has 0 saturated carbocycles. The van der Waals surface area contributed by atoms with Crippen LogP contribution in [0.25, 0.3) is 0 Å². The van der Waals surface area contributed by atoms with E-state index < -0.39 is 0 Å². The van der Waals surface area contributed by atoms with Crippen molar-refractivity contribution in [2.75, 3.05) is 31.7 Å². The standard InChI is InChI=1S/C15H30N4O/c1-7-12(3)19(8-2)15-14(11-16-9-10-20-6)13(4)17-18(15)5/h12,16H,7-11H2,1-6H3. The van der Waals surface area contributed by atoms with E-state index in [9.17, 15) is 0 Å². The van der Waals surface area contributed by atoms with Gasteiger partial charge in [-0.2, -0.15) is 5.10 Å². The lowest BCUT2D eigenvalue weighted by atomic mass is 10.1. The smallest absolute Gasteiger partial charge is 0.131 e. The number of rotatable bonds is 9. The SMILES string of the molecule is CCC(C)N(CC)c1c(CNCCOC)c(C)nn1C. The molecular weight excluding hydrogens is 252 g/mol. The Kier molecular flexibility index (Phi) is 7.02. The Morgan fingerprint density at radius 2 is 2.10 bits per heavy atom. The van der Waals surface area contributed by atoms with Gasteiger partial charge in [-0.05, 0) is 27.2 Å². The number of nitrogens with zero attached hydrogens (tertiary/aromatic N) is 3. The number of hydrogen-bond donors (Lipinski definition) is 1. The summed E-state index contributed by atoms with van der Waals surface area (Å²) in [6.07, 6.45) is 1.13. The molecule has 20 heavy (non-hydrogen) atoms. The van der Waals surface area contributed by atoms with Crippen molar-refractivity contribution in [3.63, 3.8) is 0 Å². The quantitative estimate of drug-likeness (QED) is 0.704. The Labute approximate surface area is 123 Å². The lowest BCUT2D eigenvalue weighted by molar-refractivity contribution is 0.199. The van der Waals surface area contributed by atoms with E-state index in [0.29, 0.717) is 6.04 Å². The molecule has 1 aromatic heterocycles. The van der Waals surface area contributed by atoms with Gasteiger partial charge < -0.3 is 15.0 Å². The molecule has 0 bridgehead atoms. The molecular formula is C15H30N4O. The van der Waals surface area contributed by atoms with Crippen LogP contribution in [0.1, 0.15) is 38.4 Å². The van der Waals surface area contributed by atoms with E-state index in [0.717, 1.165) is 38.4 Å². The topological polar surface area (TPSA) is 42.3 Å². The number of nitrogens with one attached hydrogen (secondary N) is 1. The zero-order chi connectivity index (χ0) is 15.1. The molecule has 116 valence electrons. The highest BCUT2D eigenvalue weighted by molar-refractivity contribution is 5.50. The van der Waals surface area contributed by atoms with E-state index in [1.165, 1.54) is 11.4 Å². The predicted octanol–water partition coefficient (Wildman–Crippen LogP) is 2.09. The van der Waals surface area contributed by atoms with Crippen molar-refractivity contribution in [2.45, 2.75) is 46.7 Å². The van der Waals surface area contributed by atoms with Gasteiger partial charge in [0.15, 0.2) is 0 Å². The highest BCUT2D eigenvalue weighted by Crippen LogP contribution is 2.25. The molecule has 5 nitrogen and oxygen atoms in total. The Morgan fingerprint density at radius 1 is 1.40 bits per heavy atom. The third kappa shape index (κ3) is 3.96. The minimum atomic E-state index is 0.521. The van der Waals surface area contributed by atoms with Crippen LogP contribution in [0.2, 0.25) is 0 Å². The van der Waals surface area contributed by atoms with Crippen molar-refractivity contribution in [3.8, 4) is 0 Å². The molecule has 0 aliphatic heterocycles. The molecule has 0 fully saturated rings. The van der Waals surface area contributed by atoms with Crippen LogP contribution < -0.4 is 10.2 Å². The highest BCUT2D eigenvalue weighted by atomic mass is 16.5. The van der Waals surface area contributed by atoms with E-state index in [1.807, 2.05) is 11.7 Å². The maximum Gasteiger partial charge on any atom is 0.131 e. The normalized spacial score (nSPS) is 12.7. The fraction of sp³-hybridized carbons (Fsp3) is 0.800. The van der Waals surface area contributed by atoms with Crippen LogP contribution in [0.5, 0.6) is 0 Å². The fourth-order valence-electron chi connectivity index (χ4n) is 2.53. The number of aryl methyl sites for hydroxylation is 2. The zero-order valence-corrected chi connectivity index (χ0v) is 13.9. The first-order chi connectivity index (χ1) is 9.56. The van der Waals surface area contributed by atoms with Crippen molar-refractivity contribution in [1.82, 2.24) is 15.1 Å². The van der Waals surface area contributed by atoms with Gasteiger partial charge in [0.25, 0.3) is 0 Å². The summed E-state index contributed by atoms with van der Waals surface area (Å²) in [5.41, 5.74) is 2.40. The van der Waals surface area contributed by atoms with Gasteiger partial charge in [-0.3, -0.25) is 4.68 Å². The van der Waals surface area contributed by atoms with Gasteiger partial charge in [0, 0.05) is 45.4 Å². The molecule has 1 atom stereocenters. The third-order valence-corrected chi connectivity index (χ3v) is 3.83. The molecule has 1 heterocycles. The van der Waals surface area contributed by atoms with Gasteiger partial charge in [-0.1, -0.05) is 6.92 Å². The van der Waals surface area contributed by atoms with Crippen LogP contribution >= 0.6 is 0 Å². The first-order valence-corrected chi connectivity index (χ1v) is 7.55. The zero-order valence-electron chi connectivity index (χ0n) is 13.9. The molecule has 0 aromatic carbocycles. The average molecular weight is 282 g/mol. The molecule has 5 heteroatoms. The van der Waals surface area contributed by atoms with Gasteiger partial charge in [0.05, 0.1) is 12.3 Å². The first-order valence-electron chi connectivity index (χ1n) is 7.55. The summed E-state index contributed by atoms with van der Waals surface area (Å²) in [6.45, 7) is 12.2. The van der Waals surface area contributed by atoms with Crippen LogP contribution in [0.15, 0.2) is 0 Å². The molecule has 0 radical (unpaired) electrons. The number of ether oxygens (including phenoxy) is 1. The lowest BCUT2D eigenvalue weighted by Gasteiger charge is -2.30. The average Bonchev–Trinajstić information content (AvgIpc) is 2.71. The Morgan fingerprint density at radius 3 is 2.65 bits per heavy atom. The van der Waals surface area contributed by atoms with Gasteiger partial charge in [-0.15, -0.1) is 0 Å². The molecule has 1 N–H and O–H groups in total. The van der Waals surface area contributed by atoms with Crippen LogP contribution in [-0.4, -0.2) is 42.6 Å². The molecule has 0 spiro atoms. The molecule has 1 aromatic rings. The van der Waals surface area contributed by atoms with E-state index in [4.69, 9.17) is 4.74 Å². The number of methoxy groups -OCH3 is 1. The molecule has 0 saturated heterocycles. The second-order valence-electron chi connectivity index (χ2n) is 5.22. The molecule has 0 aliphatic carbocycles. The minimum absolute atomic E-state index is 0.521. The highest BCUT2D eigenvalue weighted by Gasteiger charge is 2.21. The van der Waals surface area contributed by atoms with Crippen LogP contribution in [0.4, 0.5) is 5.82 Å². The summed E-state index contributed by atoms with van der Waals surface area (Å²) < 4.78 is 7.09. The largest absolute Gasteiger partial charge is 0.383 e.